The van der Waals surface area contributed by atoms with Gasteiger partial charge in [0.25, 0.3) is 11.8 Å². The largest absolute Gasteiger partial charge is 0.482 e. The molecular weight excluding hydrogens is 422 g/mol. The lowest BCUT2D eigenvalue weighted by Crippen LogP contribution is -2.48. The van der Waals surface area contributed by atoms with Crippen LogP contribution in [0, 0.1) is 5.92 Å². The van der Waals surface area contributed by atoms with E-state index in [1.165, 1.54) is 13.3 Å². The number of rotatable bonds is 9. The Bertz CT molecular complexity index is 944. The SMILES string of the molecule is COC(=O)COc1ccc(C=NNC(=O)C(NC(=O)c2ccccc2Cl)C(C)C)cc1. The Kier molecular flexibility index (Phi) is 9.02. The molecule has 0 aliphatic carbocycles. The second kappa shape index (κ2) is 11.7. The van der Waals surface area contributed by atoms with Gasteiger partial charge in [-0.2, -0.15) is 5.10 Å². The molecule has 0 fully saturated rings. The van der Waals surface area contributed by atoms with Crippen LogP contribution in [0.5, 0.6) is 5.75 Å². The number of nitrogens with zero attached hydrogens (tertiary/aromatic N) is 1. The van der Waals surface area contributed by atoms with Crippen molar-refractivity contribution in [3.63, 3.8) is 0 Å². The molecular formula is C22H24ClN3O5. The molecule has 0 saturated heterocycles. The smallest absolute Gasteiger partial charge is 0.343 e. The fraction of sp³-hybridized carbons (Fsp3) is 0.273. The average molecular weight is 446 g/mol. The number of amides is 2. The molecule has 31 heavy (non-hydrogen) atoms. The summed E-state index contributed by atoms with van der Waals surface area (Å²) in [7, 11) is 1.28. The summed E-state index contributed by atoms with van der Waals surface area (Å²) < 4.78 is 9.76. The highest BCUT2D eigenvalue weighted by atomic mass is 35.5. The summed E-state index contributed by atoms with van der Waals surface area (Å²) in [4.78, 5) is 36.1. The topological polar surface area (TPSA) is 106 Å². The van der Waals surface area contributed by atoms with Crippen LogP contribution in [0.2, 0.25) is 5.02 Å². The zero-order valence-electron chi connectivity index (χ0n) is 17.4. The van der Waals surface area contributed by atoms with Crippen molar-refractivity contribution in [1.82, 2.24) is 10.7 Å². The molecule has 0 bridgehead atoms. The zero-order valence-corrected chi connectivity index (χ0v) is 18.2. The lowest BCUT2D eigenvalue weighted by molar-refractivity contribution is -0.142. The molecule has 1 unspecified atom stereocenters. The van der Waals surface area contributed by atoms with Crippen LogP contribution in [0.4, 0.5) is 0 Å². The molecule has 0 spiro atoms. The Hall–Kier alpha value is -3.39. The van der Waals surface area contributed by atoms with Gasteiger partial charge in [0, 0.05) is 0 Å². The number of benzene rings is 2. The minimum Gasteiger partial charge on any atom is -0.482 e. The van der Waals surface area contributed by atoms with E-state index in [9.17, 15) is 14.4 Å². The number of nitrogens with one attached hydrogen (secondary N) is 2. The van der Waals surface area contributed by atoms with Crippen molar-refractivity contribution in [3.8, 4) is 5.75 Å². The highest BCUT2D eigenvalue weighted by molar-refractivity contribution is 6.33. The Morgan fingerprint density at radius 3 is 2.39 bits per heavy atom. The van der Waals surface area contributed by atoms with E-state index < -0.39 is 23.8 Å². The first-order valence-electron chi connectivity index (χ1n) is 9.49. The number of hydrogen-bond acceptors (Lipinski definition) is 6. The van der Waals surface area contributed by atoms with Gasteiger partial charge < -0.3 is 14.8 Å². The van der Waals surface area contributed by atoms with Crippen molar-refractivity contribution < 1.29 is 23.9 Å². The molecule has 0 saturated carbocycles. The maximum absolute atomic E-state index is 12.5. The molecule has 0 aliphatic rings. The van der Waals surface area contributed by atoms with E-state index in [4.69, 9.17) is 16.3 Å². The van der Waals surface area contributed by atoms with E-state index in [-0.39, 0.29) is 12.5 Å². The first-order valence-corrected chi connectivity index (χ1v) is 9.87. The average Bonchev–Trinajstić information content (AvgIpc) is 2.76. The summed E-state index contributed by atoms with van der Waals surface area (Å²) >= 11 is 6.05. The van der Waals surface area contributed by atoms with Gasteiger partial charge in [-0.05, 0) is 47.9 Å². The molecule has 2 aromatic carbocycles. The van der Waals surface area contributed by atoms with E-state index in [0.717, 1.165) is 0 Å². The molecule has 1 atom stereocenters. The molecule has 0 aliphatic heterocycles. The van der Waals surface area contributed by atoms with Crippen molar-refractivity contribution in [2.75, 3.05) is 13.7 Å². The van der Waals surface area contributed by atoms with Crippen molar-refractivity contribution in [2.24, 2.45) is 11.0 Å². The second-order valence-corrected chi connectivity index (χ2v) is 7.25. The maximum atomic E-state index is 12.5. The minimum atomic E-state index is -0.796. The molecule has 2 aromatic rings. The number of hydrazone groups is 1. The second-order valence-electron chi connectivity index (χ2n) is 6.84. The molecule has 0 aromatic heterocycles. The summed E-state index contributed by atoms with van der Waals surface area (Å²) in [5.41, 5.74) is 3.43. The number of carbonyl (C=O) groups is 3. The van der Waals surface area contributed by atoms with Crippen LogP contribution in [-0.4, -0.2) is 43.8 Å². The van der Waals surface area contributed by atoms with E-state index >= 15 is 0 Å². The van der Waals surface area contributed by atoms with Crippen molar-refractivity contribution in [1.29, 1.82) is 0 Å². The third-order valence-electron chi connectivity index (χ3n) is 4.21. The summed E-state index contributed by atoms with van der Waals surface area (Å²) in [6.07, 6.45) is 1.45. The molecule has 2 rings (SSSR count). The maximum Gasteiger partial charge on any atom is 0.343 e. The molecule has 9 heteroatoms. The van der Waals surface area contributed by atoms with Crippen molar-refractivity contribution >= 4 is 35.6 Å². The Morgan fingerprint density at radius 2 is 1.77 bits per heavy atom. The van der Waals surface area contributed by atoms with Gasteiger partial charge in [-0.25, -0.2) is 10.2 Å². The Labute approximate surface area is 185 Å². The normalized spacial score (nSPS) is 11.8. The molecule has 2 amide bonds. The predicted molar refractivity (Wildman–Crippen MR) is 117 cm³/mol. The molecule has 0 heterocycles. The lowest BCUT2D eigenvalue weighted by Gasteiger charge is -2.20. The van der Waals surface area contributed by atoms with Gasteiger partial charge in [-0.3, -0.25) is 9.59 Å². The zero-order chi connectivity index (χ0) is 22.8. The number of ether oxygens (including phenoxy) is 2. The molecule has 8 nitrogen and oxygen atoms in total. The fourth-order valence-corrected chi connectivity index (χ4v) is 2.71. The molecule has 164 valence electrons. The Balaban J connectivity index is 1.94. The van der Waals surface area contributed by atoms with Crippen LogP contribution < -0.4 is 15.5 Å². The van der Waals surface area contributed by atoms with Gasteiger partial charge in [-0.1, -0.05) is 37.6 Å². The summed E-state index contributed by atoms with van der Waals surface area (Å²) in [5.74, 6) is -1.05. The van der Waals surface area contributed by atoms with Gasteiger partial charge in [0.1, 0.15) is 11.8 Å². The first-order chi connectivity index (χ1) is 14.8. The van der Waals surface area contributed by atoms with Gasteiger partial charge in [0.15, 0.2) is 6.61 Å². The highest BCUT2D eigenvalue weighted by Crippen LogP contribution is 2.15. The van der Waals surface area contributed by atoms with Crippen molar-refractivity contribution in [3.05, 3.63) is 64.7 Å². The van der Waals surface area contributed by atoms with E-state index in [0.29, 0.717) is 21.9 Å². The van der Waals surface area contributed by atoms with Crippen LogP contribution in [0.15, 0.2) is 53.6 Å². The quantitative estimate of drug-likeness (QED) is 0.350. The highest BCUT2D eigenvalue weighted by Gasteiger charge is 2.25. The van der Waals surface area contributed by atoms with Crippen LogP contribution in [0.1, 0.15) is 29.8 Å². The monoisotopic (exact) mass is 445 g/mol. The van der Waals surface area contributed by atoms with Gasteiger partial charge in [-0.15, -0.1) is 0 Å². The van der Waals surface area contributed by atoms with Gasteiger partial charge in [0.2, 0.25) is 0 Å². The van der Waals surface area contributed by atoms with E-state index in [1.807, 2.05) is 13.8 Å². The van der Waals surface area contributed by atoms with E-state index in [1.54, 1.807) is 48.5 Å². The third kappa shape index (κ3) is 7.42. The van der Waals surface area contributed by atoms with Gasteiger partial charge >= 0.3 is 5.97 Å². The minimum absolute atomic E-state index is 0.173. The summed E-state index contributed by atoms with van der Waals surface area (Å²) in [6, 6.07) is 12.6. The number of esters is 1. The molecule has 2 N–H and O–H groups in total. The van der Waals surface area contributed by atoms with Crippen LogP contribution in [0.25, 0.3) is 0 Å². The summed E-state index contributed by atoms with van der Waals surface area (Å²) in [5, 5.41) is 6.94. The number of hydrogen-bond donors (Lipinski definition) is 2. The van der Waals surface area contributed by atoms with E-state index in [2.05, 4.69) is 20.6 Å². The van der Waals surface area contributed by atoms with Gasteiger partial charge in [0.05, 0.1) is 23.9 Å². The first kappa shape index (κ1) is 23.9. The van der Waals surface area contributed by atoms with Crippen LogP contribution in [-0.2, 0) is 14.3 Å². The number of methoxy groups -OCH3 is 1. The fourth-order valence-electron chi connectivity index (χ4n) is 2.49. The summed E-state index contributed by atoms with van der Waals surface area (Å²) in [6.45, 7) is 3.44. The van der Waals surface area contributed by atoms with Crippen molar-refractivity contribution in [2.45, 2.75) is 19.9 Å². The lowest BCUT2D eigenvalue weighted by atomic mass is 10.0. The number of carbonyl (C=O) groups excluding carboxylic acids is 3. The molecule has 0 radical (unpaired) electrons. The standard InChI is InChI=1S/C22H24ClN3O5/c1-14(2)20(25-21(28)17-6-4-5-7-18(17)23)22(29)26-24-12-15-8-10-16(11-9-15)31-13-19(27)30-3/h4-12,14,20H,13H2,1-3H3,(H,25,28)(H,26,29). The predicted octanol–water partition coefficient (Wildman–Crippen LogP) is 2.80. The van der Waals surface area contributed by atoms with Crippen LogP contribution in [0.3, 0.4) is 0 Å². The number of halogens is 1. The third-order valence-corrected chi connectivity index (χ3v) is 4.54. The van der Waals surface area contributed by atoms with Crippen LogP contribution >= 0.6 is 11.6 Å². The Morgan fingerprint density at radius 1 is 1.10 bits per heavy atom.